The lowest BCUT2D eigenvalue weighted by molar-refractivity contribution is -0.116. The Morgan fingerprint density at radius 2 is 1.52 bits per heavy atom. The largest absolute Gasteiger partial charge is 0.493 e. The van der Waals surface area contributed by atoms with Crippen molar-refractivity contribution < 1.29 is 23.4 Å². The fourth-order valence-electron chi connectivity index (χ4n) is 2.26. The van der Waals surface area contributed by atoms with E-state index in [-0.39, 0.29) is 11.7 Å². The number of ether oxygens (including phenoxy) is 3. The number of anilines is 2. The Morgan fingerprint density at radius 3 is 2.00 bits per heavy atom. The maximum Gasteiger partial charge on any atom is 0.246 e. The molecule has 0 aliphatic heterocycles. The summed E-state index contributed by atoms with van der Waals surface area (Å²) < 4.78 is 28.8. The van der Waals surface area contributed by atoms with Crippen LogP contribution in [0, 0.1) is 5.82 Å². The summed E-state index contributed by atoms with van der Waals surface area (Å²) >= 11 is 0. The third-order valence-corrected chi connectivity index (χ3v) is 3.55. The van der Waals surface area contributed by atoms with Crippen LogP contribution in [-0.4, -0.2) is 33.3 Å². The Bertz CT molecular complexity index is 709. The van der Waals surface area contributed by atoms with Crippen LogP contribution in [-0.2, 0) is 4.79 Å². The van der Waals surface area contributed by atoms with Crippen molar-refractivity contribution in [2.75, 3.05) is 32.0 Å². The number of methoxy groups -OCH3 is 3. The van der Waals surface area contributed by atoms with Crippen LogP contribution < -0.4 is 24.8 Å². The van der Waals surface area contributed by atoms with Gasteiger partial charge in [0, 0.05) is 23.5 Å². The summed E-state index contributed by atoms with van der Waals surface area (Å²) in [7, 11) is 4.56. The molecular weight excluding hydrogens is 327 g/mol. The Morgan fingerprint density at radius 1 is 0.960 bits per heavy atom. The van der Waals surface area contributed by atoms with E-state index in [1.807, 2.05) is 0 Å². The van der Waals surface area contributed by atoms with E-state index in [0.717, 1.165) is 0 Å². The first-order chi connectivity index (χ1) is 12.0. The third-order valence-electron chi connectivity index (χ3n) is 3.55. The number of hydrogen-bond donors (Lipinski definition) is 2. The van der Waals surface area contributed by atoms with Gasteiger partial charge in [-0.25, -0.2) is 4.39 Å². The predicted octanol–water partition coefficient (Wildman–Crippen LogP) is 3.29. The van der Waals surface area contributed by atoms with Crippen LogP contribution in [0.15, 0.2) is 36.4 Å². The van der Waals surface area contributed by atoms with Crippen LogP contribution in [0.2, 0.25) is 0 Å². The summed E-state index contributed by atoms with van der Waals surface area (Å²) in [4.78, 5) is 12.3. The van der Waals surface area contributed by atoms with Gasteiger partial charge in [0.2, 0.25) is 11.7 Å². The fraction of sp³-hybridized carbons (Fsp3) is 0.278. The van der Waals surface area contributed by atoms with Crippen LogP contribution in [0.5, 0.6) is 17.2 Å². The van der Waals surface area contributed by atoms with Crippen LogP contribution >= 0.6 is 0 Å². The summed E-state index contributed by atoms with van der Waals surface area (Å²) in [6.07, 6.45) is 0. The Labute approximate surface area is 145 Å². The minimum atomic E-state index is -0.548. The molecule has 0 aromatic heterocycles. The smallest absolute Gasteiger partial charge is 0.246 e. The number of carbonyl (C=O) groups excluding carboxylic acids is 1. The molecule has 0 saturated heterocycles. The monoisotopic (exact) mass is 348 g/mol. The van der Waals surface area contributed by atoms with Crippen molar-refractivity contribution in [1.29, 1.82) is 0 Å². The van der Waals surface area contributed by atoms with Gasteiger partial charge in [-0.3, -0.25) is 4.79 Å². The van der Waals surface area contributed by atoms with Gasteiger partial charge in [-0.2, -0.15) is 0 Å². The molecule has 25 heavy (non-hydrogen) atoms. The van der Waals surface area contributed by atoms with Crippen molar-refractivity contribution in [2.24, 2.45) is 0 Å². The second-order valence-electron chi connectivity index (χ2n) is 5.28. The molecule has 0 aliphatic carbocycles. The van der Waals surface area contributed by atoms with Gasteiger partial charge in [0.25, 0.3) is 0 Å². The quantitative estimate of drug-likeness (QED) is 0.804. The molecule has 0 unspecified atom stereocenters. The van der Waals surface area contributed by atoms with E-state index in [0.29, 0.717) is 28.6 Å². The van der Waals surface area contributed by atoms with Crippen molar-refractivity contribution in [2.45, 2.75) is 13.0 Å². The van der Waals surface area contributed by atoms with Crippen molar-refractivity contribution in [1.82, 2.24) is 0 Å². The van der Waals surface area contributed by atoms with E-state index in [1.54, 1.807) is 19.1 Å². The Hall–Kier alpha value is -2.96. The number of benzene rings is 2. The normalized spacial score (nSPS) is 11.4. The number of nitrogens with one attached hydrogen (secondary N) is 2. The molecule has 0 spiro atoms. The molecule has 134 valence electrons. The molecule has 6 nitrogen and oxygen atoms in total. The van der Waals surface area contributed by atoms with Crippen LogP contribution in [0.25, 0.3) is 0 Å². The van der Waals surface area contributed by atoms with Crippen LogP contribution in [0.1, 0.15) is 6.92 Å². The van der Waals surface area contributed by atoms with Crippen molar-refractivity contribution in [3.8, 4) is 17.2 Å². The summed E-state index contributed by atoms with van der Waals surface area (Å²) in [5.41, 5.74) is 1.15. The van der Waals surface area contributed by atoms with Gasteiger partial charge in [-0.05, 0) is 31.2 Å². The summed E-state index contributed by atoms with van der Waals surface area (Å²) in [6, 6.07) is 8.44. The van der Waals surface area contributed by atoms with E-state index in [9.17, 15) is 9.18 Å². The number of hydrogen-bond acceptors (Lipinski definition) is 5. The Kier molecular flexibility index (Phi) is 6.05. The van der Waals surface area contributed by atoms with Crippen LogP contribution in [0.4, 0.5) is 15.8 Å². The highest BCUT2D eigenvalue weighted by Crippen LogP contribution is 2.40. The molecule has 1 amide bonds. The van der Waals surface area contributed by atoms with Crippen molar-refractivity contribution in [3.05, 3.63) is 42.2 Å². The summed E-state index contributed by atoms with van der Waals surface area (Å²) in [5.74, 6) is 0.812. The molecule has 2 aromatic carbocycles. The SMILES string of the molecule is COc1cc(N[C@H](C)C(=O)Nc2ccc(F)cc2)cc(OC)c1OC. The van der Waals surface area contributed by atoms with Gasteiger partial charge >= 0.3 is 0 Å². The lowest BCUT2D eigenvalue weighted by Crippen LogP contribution is -2.31. The zero-order chi connectivity index (χ0) is 18.4. The van der Waals surface area contributed by atoms with E-state index < -0.39 is 6.04 Å². The summed E-state index contributed by atoms with van der Waals surface area (Å²) in [5, 5.41) is 5.79. The minimum Gasteiger partial charge on any atom is -0.493 e. The highest BCUT2D eigenvalue weighted by molar-refractivity contribution is 5.96. The second kappa shape index (κ2) is 8.23. The molecule has 0 fully saturated rings. The number of halogens is 1. The first-order valence-electron chi connectivity index (χ1n) is 7.61. The summed E-state index contributed by atoms with van der Waals surface area (Å²) in [6.45, 7) is 1.71. The molecule has 0 heterocycles. The molecular formula is C18H21FN2O4. The second-order valence-corrected chi connectivity index (χ2v) is 5.28. The predicted molar refractivity (Wildman–Crippen MR) is 94.2 cm³/mol. The lowest BCUT2D eigenvalue weighted by Gasteiger charge is -2.18. The van der Waals surface area contributed by atoms with Gasteiger partial charge in [-0.15, -0.1) is 0 Å². The van der Waals surface area contributed by atoms with Gasteiger partial charge < -0.3 is 24.8 Å². The molecule has 7 heteroatoms. The maximum absolute atomic E-state index is 12.9. The molecule has 0 radical (unpaired) electrons. The highest BCUT2D eigenvalue weighted by Gasteiger charge is 2.17. The van der Waals surface area contributed by atoms with E-state index >= 15 is 0 Å². The standard InChI is InChI=1S/C18H21FN2O4/c1-11(18(22)21-13-7-5-12(19)6-8-13)20-14-9-15(23-2)17(25-4)16(10-14)24-3/h5-11,20H,1-4H3,(H,21,22)/t11-/m1/s1. The van der Waals surface area contributed by atoms with E-state index in [2.05, 4.69) is 10.6 Å². The number of carbonyl (C=O) groups is 1. The van der Waals surface area contributed by atoms with Gasteiger partial charge in [-0.1, -0.05) is 0 Å². The van der Waals surface area contributed by atoms with Crippen molar-refractivity contribution in [3.63, 3.8) is 0 Å². The van der Waals surface area contributed by atoms with Crippen LogP contribution in [0.3, 0.4) is 0 Å². The van der Waals surface area contributed by atoms with Crippen molar-refractivity contribution >= 4 is 17.3 Å². The third kappa shape index (κ3) is 4.53. The highest BCUT2D eigenvalue weighted by atomic mass is 19.1. The van der Waals surface area contributed by atoms with Gasteiger partial charge in [0.15, 0.2) is 11.5 Å². The fourth-order valence-corrected chi connectivity index (χ4v) is 2.26. The molecule has 2 N–H and O–H groups in total. The minimum absolute atomic E-state index is 0.264. The average molecular weight is 348 g/mol. The Balaban J connectivity index is 2.12. The number of amides is 1. The molecule has 1 atom stereocenters. The number of rotatable bonds is 7. The average Bonchev–Trinajstić information content (AvgIpc) is 2.62. The van der Waals surface area contributed by atoms with E-state index in [4.69, 9.17) is 14.2 Å². The first-order valence-corrected chi connectivity index (χ1v) is 7.61. The van der Waals surface area contributed by atoms with Gasteiger partial charge in [0.1, 0.15) is 11.9 Å². The molecule has 2 aromatic rings. The van der Waals surface area contributed by atoms with Gasteiger partial charge in [0.05, 0.1) is 21.3 Å². The van der Waals surface area contributed by atoms with E-state index in [1.165, 1.54) is 45.6 Å². The lowest BCUT2D eigenvalue weighted by atomic mass is 10.2. The molecule has 0 saturated carbocycles. The zero-order valence-electron chi connectivity index (χ0n) is 14.6. The zero-order valence-corrected chi connectivity index (χ0v) is 14.6. The first kappa shape index (κ1) is 18.4. The molecule has 0 bridgehead atoms. The topological polar surface area (TPSA) is 68.8 Å². The molecule has 2 rings (SSSR count). The molecule has 0 aliphatic rings. The maximum atomic E-state index is 12.9.